The van der Waals surface area contributed by atoms with Crippen molar-refractivity contribution in [2.75, 3.05) is 31.1 Å². The number of aryl methyl sites for hydroxylation is 1. The first-order valence-electron chi connectivity index (χ1n) is 9.04. The summed E-state index contributed by atoms with van der Waals surface area (Å²) in [4.78, 5) is 7.02. The van der Waals surface area contributed by atoms with Gasteiger partial charge in [-0.3, -0.25) is 4.68 Å². The third-order valence-electron chi connectivity index (χ3n) is 4.91. The van der Waals surface area contributed by atoms with Crippen LogP contribution in [0.2, 0.25) is 0 Å². The standard InChI is InChI=1S/C19H20N8/c1-25-13-17(23-24-25)15-10-16(18-4-5-22-27(18)12-15)14-2-3-19(21-11-14)26-8-6-20-7-9-26/h2-5,10-13,20H,6-9H2,1H3. The third kappa shape index (κ3) is 2.93. The van der Waals surface area contributed by atoms with Crippen molar-refractivity contribution < 1.29 is 0 Å². The van der Waals surface area contributed by atoms with Gasteiger partial charge < -0.3 is 10.2 Å². The molecule has 1 fully saturated rings. The molecule has 0 unspecified atom stereocenters. The van der Waals surface area contributed by atoms with Crippen LogP contribution >= 0.6 is 0 Å². The highest BCUT2D eigenvalue weighted by Crippen LogP contribution is 2.29. The van der Waals surface area contributed by atoms with Gasteiger partial charge in [0.1, 0.15) is 11.5 Å². The molecule has 0 aromatic carbocycles. The topological polar surface area (TPSA) is 76.2 Å². The van der Waals surface area contributed by atoms with E-state index >= 15 is 0 Å². The van der Waals surface area contributed by atoms with Gasteiger partial charge in [-0.25, -0.2) is 9.50 Å². The SMILES string of the molecule is Cn1cc(-c2cc(-c3ccc(N4CCNCC4)nc3)c3ccnn3c2)nn1. The van der Waals surface area contributed by atoms with E-state index in [1.807, 2.05) is 42.4 Å². The van der Waals surface area contributed by atoms with Crippen molar-refractivity contribution in [1.29, 1.82) is 0 Å². The minimum Gasteiger partial charge on any atom is -0.354 e. The summed E-state index contributed by atoms with van der Waals surface area (Å²) in [5.41, 5.74) is 4.97. The second-order valence-electron chi connectivity index (χ2n) is 6.72. The van der Waals surface area contributed by atoms with E-state index in [1.165, 1.54) is 0 Å². The van der Waals surface area contributed by atoms with E-state index < -0.39 is 0 Å². The second-order valence-corrected chi connectivity index (χ2v) is 6.72. The predicted octanol–water partition coefficient (Wildman–Crippen LogP) is 1.60. The molecule has 0 bridgehead atoms. The zero-order valence-electron chi connectivity index (χ0n) is 15.1. The van der Waals surface area contributed by atoms with Crippen molar-refractivity contribution in [3.63, 3.8) is 0 Å². The highest BCUT2D eigenvalue weighted by Gasteiger charge is 2.14. The maximum atomic E-state index is 4.71. The Morgan fingerprint density at radius 1 is 1.04 bits per heavy atom. The van der Waals surface area contributed by atoms with Gasteiger partial charge in [-0.15, -0.1) is 5.10 Å². The van der Waals surface area contributed by atoms with Crippen LogP contribution in [0.1, 0.15) is 0 Å². The molecule has 5 rings (SSSR count). The van der Waals surface area contributed by atoms with Crippen LogP contribution in [0.4, 0.5) is 5.82 Å². The number of hydrogen-bond donors (Lipinski definition) is 1. The van der Waals surface area contributed by atoms with Crippen LogP contribution < -0.4 is 10.2 Å². The Morgan fingerprint density at radius 2 is 1.93 bits per heavy atom. The smallest absolute Gasteiger partial charge is 0.128 e. The summed E-state index contributed by atoms with van der Waals surface area (Å²) < 4.78 is 3.58. The lowest BCUT2D eigenvalue weighted by atomic mass is 10.0. The molecule has 4 aromatic heterocycles. The first kappa shape index (κ1) is 16.0. The second kappa shape index (κ2) is 6.48. The molecular weight excluding hydrogens is 340 g/mol. The van der Waals surface area contributed by atoms with Gasteiger partial charge in [0.2, 0.25) is 0 Å². The fourth-order valence-corrected chi connectivity index (χ4v) is 3.51. The number of nitrogens with one attached hydrogen (secondary N) is 1. The van der Waals surface area contributed by atoms with E-state index in [1.54, 1.807) is 4.68 Å². The first-order chi connectivity index (χ1) is 13.3. The highest BCUT2D eigenvalue weighted by atomic mass is 15.4. The van der Waals surface area contributed by atoms with Crippen LogP contribution in [0.3, 0.4) is 0 Å². The summed E-state index contributed by atoms with van der Waals surface area (Å²) >= 11 is 0. The minimum atomic E-state index is 0.821. The number of nitrogens with zero attached hydrogens (tertiary/aromatic N) is 7. The van der Waals surface area contributed by atoms with E-state index in [9.17, 15) is 0 Å². The normalized spacial score (nSPS) is 14.8. The van der Waals surface area contributed by atoms with E-state index in [2.05, 4.69) is 43.8 Å². The molecule has 136 valence electrons. The molecule has 1 aliphatic heterocycles. The zero-order valence-corrected chi connectivity index (χ0v) is 15.1. The highest BCUT2D eigenvalue weighted by molar-refractivity contribution is 5.83. The molecule has 8 nitrogen and oxygen atoms in total. The Balaban J connectivity index is 1.56. The number of aromatic nitrogens is 6. The van der Waals surface area contributed by atoms with Crippen molar-refractivity contribution >= 4 is 11.3 Å². The Hall–Kier alpha value is -3.26. The lowest BCUT2D eigenvalue weighted by Crippen LogP contribution is -2.43. The van der Waals surface area contributed by atoms with E-state index in [0.717, 1.165) is 59.9 Å². The van der Waals surface area contributed by atoms with Gasteiger partial charge in [-0.05, 0) is 24.3 Å². The van der Waals surface area contributed by atoms with Crippen molar-refractivity contribution in [2.24, 2.45) is 7.05 Å². The Bertz CT molecular complexity index is 1070. The van der Waals surface area contributed by atoms with Crippen LogP contribution in [0.25, 0.3) is 27.9 Å². The van der Waals surface area contributed by atoms with Gasteiger partial charge in [-0.1, -0.05) is 5.21 Å². The molecule has 0 saturated carbocycles. The van der Waals surface area contributed by atoms with Crippen LogP contribution in [-0.4, -0.2) is 55.8 Å². The molecular formula is C19H20N8. The number of fused-ring (bicyclic) bond motifs is 1. The monoisotopic (exact) mass is 360 g/mol. The molecule has 5 heterocycles. The summed E-state index contributed by atoms with van der Waals surface area (Å²) in [6.07, 6.45) is 7.63. The average Bonchev–Trinajstić information content (AvgIpc) is 3.37. The molecule has 0 spiro atoms. The molecule has 27 heavy (non-hydrogen) atoms. The molecule has 8 heteroatoms. The first-order valence-corrected chi connectivity index (χ1v) is 9.04. The number of hydrogen-bond acceptors (Lipinski definition) is 6. The maximum absolute atomic E-state index is 4.71. The molecule has 4 aromatic rings. The number of rotatable bonds is 3. The number of pyridine rings is 2. The van der Waals surface area contributed by atoms with E-state index in [-0.39, 0.29) is 0 Å². The summed E-state index contributed by atoms with van der Waals surface area (Å²) in [6.45, 7) is 3.98. The van der Waals surface area contributed by atoms with Gasteiger partial charge in [-0.2, -0.15) is 5.10 Å². The van der Waals surface area contributed by atoms with Gasteiger partial charge in [0, 0.05) is 68.5 Å². The van der Waals surface area contributed by atoms with Crippen LogP contribution in [0, 0.1) is 0 Å². The molecule has 0 amide bonds. The fraction of sp³-hybridized carbons (Fsp3) is 0.263. The Labute approximate surface area is 156 Å². The van der Waals surface area contributed by atoms with Crippen molar-refractivity contribution in [2.45, 2.75) is 0 Å². The molecule has 0 atom stereocenters. The molecule has 1 aliphatic rings. The molecule has 1 N–H and O–H groups in total. The largest absolute Gasteiger partial charge is 0.354 e. The summed E-state index contributed by atoms with van der Waals surface area (Å²) in [6, 6.07) is 8.37. The summed E-state index contributed by atoms with van der Waals surface area (Å²) in [5.74, 6) is 1.02. The van der Waals surface area contributed by atoms with Crippen LogP contribution in [0.5, 0.6) is 0 Å². The van der Waals surface area contributed by atoms with Crippen LogP contribution in [0.15, 0.2) is 49.1 Å². The van der Waals surface area contributed by atoms with Gasteiger partial charge >= 0.3 is 0 Å². The van der Waals surface area contributed by atoms with Crippen molar-refractivity contribution in [3.8, 4) is 22.4 Å². The molecule has 0 radical (unpaired) electrons. The minimum absolute atomic E-state index is 0.821. The summed E-state index contributed by atoms with van der Waals surface area (Å²) in [5, 5.41) is 16.1. The van der Waals surface area contributed by atoms with Gasteiger partial charge in [0.05, 0.1) is 11.7 Å². The van der Waals surface area contributed by atoms with Crippen molar-refractivity contribution in [1.82, 2.24) is 34.9 Å². The van der Waals surface area contributed by atoms with E-state index in [0.29, 0.717) is 0 Å². The predicted molar refractivity (Wildman–Crippen MR) is 104 cm³/mol. The molecule has 1 saturated heterocycles. The number of anilines is 1. The number of piperazine rings is 1. The van der Waals surface area contributed by atoms with Crippen molar-refractivity contribution in [3.05, 3.63) is 49.1 Å². The van der Waals surface area contributed by atoms with Crippen LogP contribution in [-0.2, 0) is 7.05 Å². The third-order valence-corrected chi connectivity index (χ3v) is 4.91. The Morgan fingerprint density at radius 3 is 2.67 bits per heavy atom. The lowest BCUT2D eigenvalue weighted by molar-refractivity contribution is 0.585. The lowest BCUT2D eigenvalue weighted by Gasteiger charge is -2.28. The summed E-state index contributed by atoms with van der Waals surface area (Å²) in [7, 11) is 1.86. The van der Waals surface area contributed by atoms with Gasteiger partial charge in [0.25, 0.3) is 0 Å². The fourth-order valence-electron chi connectivity index (χ4n) is 3.51. The van der Waals surface area contributed by atoms with E-state index in [4.69, 9.17) is 4.98 Å². The average molecular weight is 360 g/mol. The zero-order chi connectivity index (χ0) is 18.2. The quantitative estimate of drug-likeness (QED) is 0.598. The Kier molecular flexibility index (Phi) is 3.83. The molecule has 0 aliphatic carbocycles. The maximum Gasteiger partial charge on any atom is 0.128 e. The van der Waals surface area contributed by atoms with Gasteiger partial charge in [0.15, 0.2) is 0 Å².